The lowest BCUT2D eigenvalue weighted by Gasteiger charge is -2.16. The predicted octanol–water partition coefficient (Wildman–Crippen LogP) is 1.61. The minimum Gasteiger partial charge on any atom is -0.368 e. The quantitative estimate of drug-likeness (QED) is 0.743. The van der Waals surface area contributed by atoms with Gasteiger partial charge in [-0.2, -0.15) is 0 Å². The van der Waals surface area contributed by atoms with Crippen LogP contribution >= 0.6 is 0 Å². The van der Waals surface area contributed by atoms with Crippen molar-refractivity contribution >= 4 is 23.4 Å². The molecule has 7 heteroatoms. The summed E-state index contributed by atoms with van der Waals surface area (Å²) in [6, 6.07) is 10.9. The zero-order chi connectivity index (χ0) is 18.4. The Morgan fingerprint density at radius 1 is 1.04 bits per heavy atom. The second kappa shape index (κ2) is 8.05. The number of hydrogen-bond acceptors (Lipinski definition) is 3. The predicted molar refractivity (Wildman–Crippen MR) is 91.3 cm³/mol. The maximum atomic E-state index is 12.9. The average Bonchev–Trinajstić information content (AvgIpc) is 2.56. The molecule has 2 rings (SSSR count). The summed E-state index contributed by atoms with van der Waals surface area (Å²) in [6.07, 6.45) is 0.158. The number of nitrogens with one attached hydrogen (secondary N) is 2. The molecule has 0 saturated carbocycles. The summed E-state index contributed by atoms with van der Waals surface area (Å²) < 4.78 is 12.9. The first-order valence-corrected chi connectivity index (χ1v) is 7.57. The van der Waals surface area contributed by atoms with Gasteiger partial charge in [0.25, 0.3) is 5.91 Å². The van der Waals surface area contributed by atoms with Crippen LogP contribution in [-0.2, 0) is 16.0 Å². The van der Waals surface area contributed by atoms with Crippen molar-refractivity contribution in [1.82, 2.24) is 5.32 Å². The van der Waals surface area contributed by atoms with E-state index < -0.39 is 17.9 Å². The Labute approximate surface area is 144 Å². The molecular weight excluding hydrogens is 325 g/mol. The zero-order valence-corrected chi connectivity index (χ0v) is 13.6. The second-order valence-corrected chi connectivity index (χ2v) is 5.52. The van der Waals surface area contributed by atoms with Crippen LogP contribution in [0.1, 0.15) is 22.8 Å². The lowest BCUT2D eigenvalue weighted by atomic mass is 10.0. The Bertz CT molecular complexity index is 773. The molecule has 0 fully saturated rings. The molecule has 0 aliphatic rings. The first-order valence-electron chi connectivity index (χ1n) is 7.57. The molecule has 0 spiro atoms. The van der Waals surface area contributed by atoms with Crippen molar-refractivity contribution in [1.29, 1.82) is 0 Å². The highest BCUT2D eigenvalue weighted by atomic mass is 19.1. The maximum Gasteiger partial charge on any atom is 0.251 e. The fourth-order valence-electron chi connectivity index (χ4n) is 2.23. The van der Waals surface area contributed by atoms with Crippen LogP contribution in [0.4, 0.5) is 10.1 Å². The van der Waals surface area contributed by atoms with Gasteiger partial charge in [0.1, 0.15) is 11.9 Å². The van der Waals surface area contributed by atoms with Crippen LogP contribution in [0.3, 0.4) is 0 Å². The van der Waals surface area contributed by atoms with Gasteiger partial charge in [-0.05, 0) is 42.0 Å². The number of nitrogens with two attached hydrogens (primary N) is 1. The molecule has 0 aromatic heterocycles. The number of amides is 3. The summed E-state index contributed by atoms with van der Waals surface area (Å²) in [5.74, 6) is -1.76. The van der Waals surface area contributed by atoms with Gasteiger partial charge in [-0.15, -0.1) is 0 Å². The Kier molecular flexibility index (Phi) is 5.84. The number of rotatable bonds is 6. The Hall–Kier alpha value is -3.22. The van der Waals surface area contributed by atoms with Gasteiger partial charge in [0.2, 0.25) is 11.8 Å². The lowest BCUT2D eigenvalue weighted by Crippen LogP contribution is -2.45. The van der Waals surface area contributed by atoms with Crippen molar-refractivity contribution in [3.63, 3.8) is 0 Å². The van der Waals surface area contributed by atoms with Crippen LogP contribution in [0.25, 0.3) is 0 Å². The Morgan fingerprint density at radius 2 is 1.64 bits per heavy atom. The minimum absolute atomic E-state index is 0.158. The van der Waals surface area contributed by atoms with E-state index in [9.17, 15) is 18.8 Å². The first-order chi connectivity index (χ1) is 11.8. The van der Waals surface area contributed by atoms with Crippen molar-refractivity contribution in [2.24, 2.45) is 5.73 Å². The molecule has 1 atom stereocenters. The number of hydrogen-bond donors (Lipinski definition) is 3. The summed E-state index contributed by atoms with van der Waals surface area (Å²) >= 11 is 0. The van der Waals surface area contributed by atoms with Crippen molar-refractivity contribution in [2.75, 3.05) is 5.32 Å². The molecule has 2 aromatic carbocycles. The maximum absolute atomic E-state index is 12.9. The van der Waals surface area contributed by atoms with E-state index in [1.807, 2.05) is 0 Å². The van der Waals surface area contributed by atoms with Crippen LogP contribution in [0.2, 0.25) is 0 Å². The fourth-order valence-corrected chi connectivity index (χ4v) is 2.23. The van der Waals surface area contributed by atoms with E-state index in [0.29, 0.717) is 16.8 Å². The van der Waals surface area contributed by atoms with Crippen molar-refractivity contribution in [3.8, 4) is 0 Å². The molecule has 0 unspecified atom stereocenters. The number of benzene rings is 2. The standard InChI is InChI=1S/C18H18FN3O3/c1-11(23)21-15-8-4-13(5-9-15)18(25)22-16(17(20)24)10-12-2-6-14(19)7-3-12/h2-9,16H,10H2,1H3,(H2,20,24)(H,21,23)(H,22,25)/t16-/m0/s1. The van der Waals surface area contributed by atoms with E-state index >= 15 is 0 Å². The number of halogens is 1. The smallest absolute Gasteiger partial charge is 0.251 e. The van der Waals surface area contributed by atoms with Crippen molar-refractivity contribution in [3.05, 3.63) is 65.5 Å². The molecule has 2 aromatic rings. The minimum atomic E-state index is -0.923. The number of carbonyl (C=O) groups excluding carboxylic acids is 3. The summed E-state index contributed by atoms with van der Waals surface area (Å²) in [7, 11) is 0. The van der Waals surface area contributed by atoms with E-state index in [2.05, 4.69) is 10.6 Å². The first kappa shape index (κ1) is 18.1. The van der Waals surface area contributed by atoms with E-state index in [1.54, 1.807) is 12.1 Å². The van der Waals surface area contributed by atoms with Gasteiger partial charge in [-0.3, -0.25) is 14.4 Å². The van der Waals surface area contributed by atoms with E-state index in [1.165, 1.54) is 43.3 Å². The molecule has 0 heterocycles. The second-order valence-electron chi connectivity index (χ2n) is 5.52. The van der Waals surface area contributed by atoms with Crippen LogP contribution in [0, 0.1) is 5.82 Å². The molecule has 0 aliphatic carbocycles. The van der Waals surface area contributed by atoms with Gasteiger partial charge in [0.05, 0.1) is 0 Å². The van der Waals surface area contributed by atoms with Crippen LogP contribution < -0.4 is 16.4 Å². The van der Waals surface area contributed by atoms with Gasteiger partial charge in [0, 0.05) is 24.6 Å². The number of carbonyl (C=O) groups is 3. The third-order valence-corrected chi connectivity index (χ3v) is 3.47. The number of anilines is 1. The van der Waals surface area contributed by atoms with Crippen LogP contribution in [0.15, 0.2) is 48.5 Å². The third kappa shape index (κ3) is 5.42. The normalized spacial score (nSPS) is 11.4. The number of primary amides is 1. The fraction of sp³-hybridized carbons (Fsp3) is 0.167. The van der Waals surface area contributed by atoms with Gasteiger partial charge in [-0.25, -0.2) is 4.39 Å². The highest BCUT2D eigenvalue weighted by Crippen LogP contribution is 2.11. The molecular formula is C18H18FN3O3. The molecule has 0 radical (unpaired) electrons. The summed E-state index contributed by atoms with van der Waals surface area (Å²) in [4.78, 5) is 34.9. The molecule has 4 N–H and O–H groups in total. The molecule has 3 amide bonds. The summed E-state index contributed by atoms with van der Waals surface area (Å²) in [5.41, 5.74) is 6.89. The van der Waals surface area contributed by atoms with E-state index in [4.69, 9.17) is 5.73 Å². The largest absolute Gasteiger partial charge is 0.368 e. The van der Waals surface area contributed by atoms with Gasteiger partial charge < -0.3 is 16.4 Å². The SMILES string of the molecule is CC(=O)Nc1ccc(C(=O)N[C@@H](Cc2ccc(F)cc2)C(N)=O)cc1. The Balaban J connectivity index is 2.05. The molecule has 0 bridgehead atoms. The molecule has 6 nitrogen and oxygen atoms in total. The third-order valence-electron chi connectivity index (χ3n) is 3.47. The zero-order valence-electron chi connectivity index (χ0n) is 13.6. The molecule has 0 aliphatic heterocycles. The van der Waals surface area contributed by atoms with Gasteiger partial charge in [-0.1, -0.05) is 12.1 Å². The van der Waals surface area contributed by atoms with Crippen molar-refractivity contribution in [2.45, 2.75) is 19.4 Å². The van der Waals surface area contributed by atoms with Crippen LogP contribution in [-0.4, -0.2) is 23.8 Å². The average molecular weight is 343 g/mol. The highest BCUT2D eigenvalue weighted by Gasteiger charge is 2.19. The van der Waals surface area contributed by atoms with E-state index in [0.717, 1.165) is 0 Å². The lowest BCUT2D eigenvalue weighted by molar-refractivity contribution is -0.119. The van der Waals surface area contributed by atoms with Gasteiger partial charge >= 0.3 is 0 Å². The highest BCUT2D eigenvalue weighted by molar-refractivity contribution is 5.98. The Morgan fingerprint density at radius 3 is 2.16 bits per heavy atom. The van der Waals surface area contributed by atoms with E-state index in [-0.39, 0.29) is 18.1 Å². The summed E-state index contributed by atoms with van der Waals surface area (Å²) in [6.45, 7) is 1.38. The molecule has 25 heavy (non-hydrogen) atoms. The van der Waals surface area contributed by atoms with Crippen molar-refractivity contribution < 1.29 is 18.8 Å². The topological polar surface area (TPSA) is 101 Å². The molecule has 130 valence electrons. The van der Waals surface area contributed by atoms with Crippen LogP contribution in [0.5, 0.6) is 0 Å². The molecule has 0 saturated heterocycles. The summed E-state index contributed by atoms with van der Waals surface area (Å²) in [5, 5.41) is 5.15. The monoisotopic (exact) mass is 343 g/mol. The van der Waals surface area contributed by atoms with Gasteiger partial charge in [0.15, 0.2) is 0 Å².